The summed E-state index contributed by atoms with van der Waals surface area (Å²) in [6.07, 6.45) is 15.3. The SMILES string of the molecule is CCCCCCCCCCCCOc1ccc(C(=O)Oc2ccc(OC[C@H]3CC[C@H]([C@@](F)(CCCC)C(=O)O)CC3)cc2)c(F)c1F. The van der Waals surface area contributed by atoms with Crippen LogP contribution in [0, 0.1) is 23.5 Å². The number of esters is 1. The lowest BCUT2D eigenvalue weighted by Crippen LogP contribution is -2.43. The second-order valence-corrected chi connectivity index (χ2v) is 12.9. The van der Waals surface area contributed by atoms with Crippen LogP contribution >= 0.6 is 0 Å². The topological polar surface area (TPSA) is 82.1 Å². The van der Waals surface area contributed by atoms with Crippen molar-refractivity contribution in [2.24, 2.45) is 11.8 Å². The molecule has 1 aliphatic carbocycles. The van der Waals surface area contributed by atoms with E-state index in [1.807, 2.05) is 6.92 Å². The van der Waals surface area contributed by atoms with Crippen LogP contribution < -0.4 is 14.2 Å². The van der Waals surface area contributed by atoms with E-state index in [0.29, 0.717) is 44.5 Å². The van der Waals surface area contributed by atoms with Gasteiger partial charge in [0, 0.05) is 5.92 Å². The van der Waals surface area contributed by atoms with Gasteiger partial charge in [-0.05, 0) is 87.3 Å². The van der Waals surface area contributed by atoms with Gasteiger partial charge in [-0.1, -0.05) is 78.1 Å². The Balaban J connectivity index is 1.38. The van der Waals surface area contributed by atoms with Gasteiger partial charge in [-0.15, -0.1) is 0 Å². The molecule has 0 amide bonds. The Morgan fingerprint density at radius 2 is 1.32 bits per heavy atom. The van der Waals surface area contributed by atoms with Crippen molar-refractivity contribution in [1.82, 2.24) is 0 Å². The summed E-state index contributed by atoms with van der Waals surface area (Å²) in [7, 11) is 0. The Morgan fingerprint density at radius 3 is 1.91 bits per heavy atom. The van der Waals surface area contributed by atoms with E-state index < -0.39 is 40.7 Å². The van der Waals surface area contributed by atoms with Gasteiger partial charge >= 0.3 is 11.9 Å². The normalized spacial score (nSPS) is 17.6. The maximum absolute atomic E-state index is 15.3. The maximum Gasteiger partial charge on any atom is 0.346 e. The Labute approximate surface area is 278 Å². The van der Waals surface area contributed by atoms with Gasteiger partial charge in [0.1, 0.15) is 11.5 Å². The zero-order valence-electron chi connectivity index (χ0n) is 28.2. The number of carboxylic acid groups (broad SMARTS) is 1. The lowest BCUT2D eigenvalue weighted by atomic mass is 9.72. The lowest BCUT2D eigenvalue weighted by molar-refractivity contribution is -0.157. The zero-order valence-corrected chi connectivity index (χ0v) is 28.2. The molecular formula is C38H53F3O6. The van der Waals surface area contributed by atoms with Crippen LogP contribution in [0.3, 0.4) is 0 Å². The molecule has 0 radical (unpaired) electrons. The fourth-order valence-corrected chi connectivity index (χ4v) is 6.26. The third-order valence-electron chi connectivity index (χ3n) is 9.29. The molecule has 0 aromatic heterocycles. The van der Waals surface area contributed by atoms with Gasteiger partial charge in [-0.2, -0.15) is 4.39 Å². The molecule has 2 aromatic rings. The van der Waals surface area contributed by atoms with Crippen molar-refractivity contribution >= 4 is 11.9 Å². The minimum Gasteiger partial charge on any atom is -0.493 e. The monoisotopic (exact) mass is 662 g/mol. The third-order valence-corrected chi connectivity index (χ3v) is 9.29. The fraction of sp³-hybridized carbons (Fsp3) is 0.632. The predicted octanol–water partition coefficient (Wildman–Crippen LogP) is 10.7. The molecule has 0 heterocycles. The van der Waals surface area contributed by atoms with Crippen molar-refractivity contribution in [2.45, 2.75) is 129 Å². The molecule has 0 spiro atoms. The summed E-state index contributed by atoms with van der Waals surface area (Å²) in [6, 6.07) is 8.62. The molecule has 0 saturated heterocycles. The lowest BCUT2D eigenvalue weighted by Gasteiger charge is -2.35. The maximum atomic E-state index is 15.3. The number of halogens is 3. The molecule has 1 atom stereocenters. The first-order valence-corrected chi connectivity index (χ1v) is 17.7. The Hall–Kier alpha value is -3.23. The van der Waals surface area contributed by atoms with Crippen molar-refractivity contribution in [3.63, 3.8) is 0 Å². The van der Waals surface area contributed by atoms with E-state index in [9.17, 15) is 23.5 Å². The predicted molar refractivity (Wildman–Crippen MR) is 177 cm³/mol. The molecule has 1 aliphatic rings. The van der Waals surface area contributed by atoms with Crippen molar-refractivity contribution in [1.29, 1.82) is 0 Å². The minimum atomic E-state index is -2.17. The number of hydrogen-bond donors (Lipinski definition) is 1. The molecule has 6 nitrogen and oxygen atoms in total. The number of benzene rings is 2. The summed E-state index contributed by atoms with van der Waals surface area (Å²) in [6.45, 7) is 4.80. The Bertz CT molecular complexity index is 1230. The molecule has 0 unspecified atom stereocenters. The number of hydrogen-bond acceptors (Lipinski definition) is 5. The highest BCUT2D eigenvalue weighted by Crippen LogP contribution is 2.41. The fourth-order valence-electron chi connectivity index (χ4n) is 6.26. The van der Waals surface area contributed by atoms with E-state index in [1.165, 1.54) is 63.1 Å². The number of carbonyl (C=O) groups is 2. The molecule has 3 rings (SSSR count). The molecule has 1 N–H and O–H groups in total. The van der Waals surface area contributed by atoms with Crippen LogP contribution in [0.1, 0.15) is 133 Å². The van der Waals surface area contributed by atoms with E-state index in [2.05, 4.69) is 6.92 Å². The highest BCUT2D eigenvalue weighted by molar-refractivity contribution is 5.91. The number of rotatable bonds is 22. The van der Waals surface area contributed by atoms with E-state index >= 15 is 4.39 Å². The molecule has 2 aromatic carbocycles. The van der Waals surface area contributed by atoms with Crippen LogP contribution in [-0.2, 0) is 4.79 Å². The molecule has 9 heteroatoms. The summed E-state index contributed by atoms with van der Waals surface area (Å²) < 4.78 is 61.3. The van der Waals surface area contributed by atoms with Crippen molar-refractivity contribution in [2.75, 3.05) is 13.2 Å². The first-order valence-electron chi connectivity index (χ1n) is 17.7. The third kappa shape index (κ3) is 12.1. The van der Waals surface area contributed by atoms with Crippen LogP contribution in [0.4, 0.5) is 13.2 Å². The number of unbranched alkanes of at least 4 members (excludes halogenated alkanes) is 10. The first-order chi connectivity index (χ1) is 22.7. The molecular weight excluding hydrogens is 609 g/mol. The number of aliphatic carboxylic acids is 1. The first kappa shape index (κ1) is 38.2. The summed E-state index contributed by atoms with van der Waals surface area (Å²) in [5.41, 5.74) is -2.70. The summed E-state index contributed by atoms with van der Waals surface area (Å²) >= 11 is 0. The molecule has 0 aliphatic heterocycles. The van der Waals surface area contributed by atoms with Gasteiger partial charge in [-0.3, -0.25) is 0 Å². The van der Waals surface area contributed by atoms with Gasteiger partial charge in [0.05, 0.1) is 18.8 Å². The number of ether oxygens (including phenoxy) is 3. The van der Waals surface area contributed by atoms with E-state index in [-0.39, 0.29) is 30.4 Å². The quantitative estimate of drug-likeness (QED) is 0.0768. The largest absolute Gasteiger partial charge is 0.493 e. The Kier molecular flexibility index (Phi) is 16.4. The van der Waals surface area contributed by atoms with Crippen LogP contribution in [0.5, 0.6) is 17.2 Å². The summed E-state index contributed by atoms with van der Waals surface area (Å²) in [4.78, 5) is 24.3. The molecule has 1 saturated carbocycles. The van der Waals surface area contributed by atoms with E-state index in [0.717, 1.165) is 31.7 Å². The van der Waals surface area contributed by atoms with Crippen LogP contribution in [-0.4, -0.2) is 35.9 Å². The van der Waals surface area contributed by atoms with Crippen LogP contribution in [0.15, 0.2) is 36.4 Å². The van der Waals surface area contributed by atoms with E-state index in [4.69, 9.17) is 14.2 Å². The average molecular weight is 663 g/mol. The molecule has 262 valence electrons. The van der Waals surface area contributed by atoms with Gasteiger partial charge in [0.15, 0.2) is 11.6 Å². The Morgan fingerprint density at radius 1 is 0.745 bits per heavy atom. The minimum absolute atomic E-state index is 0.0440. The number of carbonyl (C=O) groups excluding carboxylic acids is 1. The van der Waals surface area contributed by atoms with Crippen LogP contribution in [0.2, 0.25) is 0 Å². The highest BCUT2D eigenvalue weighted by Gasteiger charge is 2.47. The average Bonchev–Trinajstić information content (AvgIpc) is 3.07. The zero-order chi connectivity index (χ0) is 34.1. The van der Waals surface area contributed by atoms with Gasteiger partial charge in [0.25, 0.3) is 0 Å². The van der Waals surface area contributed by atoms with Gasteiger partial charge in [-0.25, -0.2) is 18.4 Å². The van der Waals surface area contributed by atoms with Crippen molar-refractivity contribution in [3.8, 4) is 17.2 Å². The second kappa shape index (κ2) is 20.2. The molecule has 47 heavy (non-hydrogen) atoms. The molecule has 0 bridgehead atoms. The number of alkyl halides is 1. The summed E-state index contributed by atoms with van der Waals surface area (Å²) in [5.74, 6) is -4.80. The summed E-state index contributed by atoms with van der Waals surface area (Å²) in [5, 5.41) is 9.52. The van der Waals surface area contributed by atoms with Crippen molar-refractivity contribution < 1.29 is 42.1 Å². The molecule has 1 fully saturated rings. The van der Waals surface area contributed by atoms with E-state index in [1.54, 1.807) is 12.1 Å². The second-order valence-electron chi connectivity index (χ2n) is 12.9. The van der Waals surface area contributed by atoms with Gasteiger partial charge in [0.2, 0.25) is 11.5 Å². The highest BCUT2D eigenvalue weighted by atomic mass is 19.2. The number of carboxylic acids is 1. The van der Waals surface area contributed by atoms with Gasteiger partial charge < -0.3 is 19.3 Å². The smallest absolute Gasteiger partial charge is 0.346 e. The van der Waals surface area contributed by atoms with Crippen molar-refractivity contribution in [3.05, 3.63) is 53.6 Å². The van der Waals surface area contributed by atoms with Crippen LogP contribution in [0.25, 0.3) is 0 Å². The standard InChI is InChI=1S/C38H53F3O6/c1-3-5-7-8-9-10-11-12-13-14-26-45-33-24-23-32(34(39)35(33)40)36(42)47-31-21-19-30(20-22-31)46-27-28-15-17-29(18-16-28)38(41,37(43)44)25-6-4-2/h19-24,28-29H,3-18,25-27H2,1-2H3,(H,43,44)/t28-,29-,38-/m0/s1.